The molecule has 0 unspecified atom stereocenters. The van der Waals surface area contributed by atoms with Crippen LogP contribution < -0.4 is 10.1 Å². The number of methoxy groups -OCH3 is 1. The van der Waals surface area contributed by atoms with Crippen LogP contribution in [0.3, 0.4) is 0 Å². The predicted octanol–water partition coefficient (Wildman–Crippen LogP) is 4.36. The molecule has 0 bridgehead atoms. The molecule has 3 heterocycles. The highest BCUT2D eigenvalue weighted by atomic mass is 19.1. The molecule has 1 aliphatic rings. The molecule has 0 saturated carbocycles. The van der Waals surface area contributed by atoms with Crippen LogP contribution in [0.4, 0.5) is 10.2 Å². The number of nitrogens with zero attached hydrogens (tertiary/aromatic N) is 2. The minimum atomic E-state index is -1.02. The number of hydrogen-bond donors (Lipinski definition) is 2. The lowest BCUT2D eigenvalue weighted by molar-refractivity contribution is -0.137. The van der Waals surface area contributed by atoms with Gasteiger partial charge in [0, 0.05) is 12.2 Å². The maximum atomic E-state index is 14.2. The summed E-state index contributed by atoms with van der Waals surface area (Å²) < 4.78 is 24.7. The molecule has 2 aromatic heterocycles. The Hall–Kier alpha value is -3.42. The summed E-state index contributed by atoms with van der Waals surface area (Å²) in [5.41, 5.74) is 3.50. The number of aliphatic carboxylic acids is 1. The van der Waals surface area contributed by atoms with Crippen molar-refractivity contribution in [3.05, 3.63) is 70.8 Å². The Morgan fingerprint density at radius 1 is 1.25 bits per heavy atom. The molecule has 0 saturated heterocycles. The van der Waals surface area contributed by atoms with Gasteiger partial charge < -0.3 is 19.6 Å². The fraction of sp³-hybridized carbons (Fsp3) is 0.375. The molecule has 0 aliphatic carbocycles. The summed E-state index contributed by atoms with van der Waals surface area (Å²) in [7, 11) is 1.38. The van der Waals surface area contributed by atoms with E-state index in [9.17, 15) is 14.3 Å². The second-order valence-corrected chi connectivity index (χ2v) is 7.92. The highest BCUT2D eigenvalue weighted by Crippen LogP contribution is 2.31. The van der Waals surface area contributed by atoms with Gasteiger partial charge in [-0.05, 0) is 61.4 Å². The Morgan fingerprint density at radius 3 is 2.88 bits per heavy atom. The molecular weight excluding hydrogens is 413 g/mol. The van der Waals surface area contributed by atoms with Crippen LogP contribution in [-0.2, 0) is 24.1 Å². The summed E-state index contributed by atoms with van der Waals surface area (Å²) in [6, 6.07) is 8.59. The summed E-state index contributed by atoms with van der Waals surface area (Å²) in [4.78, 5) is 20.6. The number of anilines is 1. The average molecular weight is 439 g/mol. The van der Waals surface area contributed by atoms with E-state index in [0.29, 0.717) is 12.0 Å². The number of oxazole rings is 1. The summed E-state index contributed by atoms with van der Waals surface area (Å²) >= 11 is 0. The maximum absolute atomic E-state index is 14.2. The zero-order valence-corrected chi connectivity index (χ0v) is 17.9. The van der Waals surface area contributed by atoms with Gasteiger partial charge in [0.25, 0.3) is 0 Å². The molecule has 0 amide bonds. The van der Waals surface area contributed by atoms with Crippen molar-refractivity contribution in [3.63, 3.8) is 0 Å². The summed E-state index contributed by atoms with van der Waals surface area (Å²) in [5, 5.41) is 12.7. The first-order chi connectivity index (χ1) is 15.5. The van der Waals surface area contributed by atoms with Gasteiger partial charge >= 0.3 is 5.97 Å². The van der Waals surface area contributed by atoms with Crippen LogP contribution in [0.2, 0.25) is 0 Å². The van der Waals surface area contributed by atoms with Crippen molar-refractivity contribution in [2.75, 3.05) is 19.0 Å². The summed E-state index contributed by atoms with van der Waals surface area (Å²) in [6.07, 6.45) is 5.80. The lowest BCUT2D eigenvalue weighted by Gasteiger charge is -2.17. The van der Waals surface area contributed by atoms with E-state index in [-0.39, 0.29) is 18.1 Å². The molecule has 7 nitrogen and oxygen atoms in total. The van der Waals surface area contributed by atoms with E-state index < -0.39 is 17.7 Å². The third-order valence-corrected chi connectivity index (χ3v) is 5.64. The molecule has 0 radical (unpaired) electrons. The van der Waals surface area contributed by atoms with Gasteiger partial charge in [-0.25, -0.2) is 14.4 Å². The van der Waals surface area contributed by atoms with E-state index >= 15 is 0 Å². The van der Waals surface area contributed by atoms with Crippen molar-refractivity contribution in [2.24, 2.45) is 0 Å². The monoisotopic (exact) mass is 439 g/mol. The SMILES string of the molecule is COc1ccc([C@H](CC(=O)O)c2nc(CCCc3ccc4c(n3)NCCC4)co2)cc1F. The van der Waals surface area contributed by atoms with E-state index in [2.05, 4.69) is 22.4 Å². The second-order valence-electron chi connectivity index (χ2n) is 7.92. The number of ether oxygens (including phenoxy) is 1. The Bertz CT molecular complexity index is 1100. The number of carboxylic acid groups (broad SMARTS) is 1. The van der Waals surface area contributed by atoms with Crippen LogP contribution in [0.25, 0.3) is 0 Å². The fourth-order valence-corrected chi connectivity index (χ4v) is 3.98. The zero-order chi connectivity index (χ0) is 22.5. The molecule has 32 heavy (non-hydrogen) atoms. The van der Waals surface area contributed by atoms with Crippen molar-refractivity contribution in [3.8, 4) is 5.75 Å². The predicted molar refractivity (Wildman–Crippen MR) is 117 cm³/mol. The number of carboxylic acids is 1. The van der Waals surface area contributed by atoms with E-state index in [1.54, 1.807) is 12.3 Å². The Labute approximate surface area is 185 Å². The fourth-order valence-electron chi connectivity index (χ4n) is 3.98. The molecule has 0 fully saturated rings. The Kier molecular flexibility index (Phi) is 6.68. The third-order valence-electron chi connectivity index (χ3n) is 5.64. The van der Waals surface area contributed by atoms with Crippen molar-refractivity contribution in [1.82, 2.24) is 9.97 Å². The largest absolute Gasteiger partial charge is 0.494 e. The molecule has 0 spiro atoms. The van der Waals surface area contributed by atoms with Crippen molar-refractivity contribution in [1.29, 1.82) is 0 Å². The molecular formula is C24H26FN3O4. The van der Waals surface area contributed by atoms with Gasteiger partial charge in [0.15, 0.2) is 11.6 Å². The van der Waals surface area contributed by atoms with Crippen LogP contribution in [0.15, 0.2) is 41.0 Å². The van der Waals surface area contributed by atoms with Gasteiger partial charge in [0.05, 0.1) is 25.1 Å². The lowest BCUT2D eigenvalue weighted by atomic mass is 9.95. The number of pyridine rings is 1. The molecule has 3 aromatic rings. The zero-order valence-electron chi connectivity index (χ0n) is 17.9. The van der Waals surface area contributed by atoms with Gasteiger partial charge in [-0.1, -0.05) is 12.1 Å². The number of benzene rings is 1. The molecule has 4 rings (SSSR count). The highest BCUT2D eigenvalue weighted by molar-refractivity contribution is 5.68. The van der Waals surface area contributed by atoms with E-state index in [4.69, 9.17) is 14.1 Å². The molecule has 8 heteroatoms. The normalized spacial score (nSPS) is 13.8. The van der Waals surface area contributed by atoms with Gasteiger partial charge in [0.2, 0.25) is 5.89 Å². The van der Waals surface area contributed by atoms with Crippen LogP contribution in [0, 0.1) is 5.82 Å². The van der Waals surface area contributed by atoms with Crippen LogP contribution in [-0.4, -0.2) is 34.7 Å². The number of hydrogen-bond acceptors (Lipinski definition) is 6. The first-order valence-electron chi connectivity index (χ1n) is 10.8. The minimum absolute atomic E-state index is 0.0990. The van der Waals surface area contributed by atoms with Gasteiger partial charge in [-0.15, -0.1) is 0 Å². The quantitative estimate of drug-likeness (QED) is 0.511. The number of nitrogens with one attached hydrogen (secondary N) is 1. The molecule has 1 atom stereocenters. The first kappa shape index (κ1) is 21.8. The topological polar surface area (TPSA) is 97.5 Å². The standard InChI is InChI=1S/C24H26FN3O4/c1-31-21-10-8-16(12-20(21)25)19(13-22(29)30)24-28-18(14-32-24)6-2-5-17-9-7-15-4-3-11-26-23(15)27-17/h7-10,12,14,19H,2-6,11,13H2,1H3,(H,26,27)(H,29,30)/t19-/m0/s1. The number of halogens is 1. The van der Waals surface area contributed by atoms with E-state index in [1.807, 2.05) is 0 Å². The molecule has 2 N–H and O–H groups in total. The summed E-state index contributed by atoms with van der Waals surface area (Å²) in [6.45, 7) is 0.959. The maximum Gasteiger partial charge on any atom is 0.304 e. The number of carbonyl (C=O) groups is 1. The van der Waals surface area contributed by atoms with E-state index in [0.717, 1.165) is 49.4 Å². The number of aryl methyl sites for hydroxylation is 3. The van der Waals surface area contributed by atoms with Crippen LogP contribution in [0.5, 0.6) is 5.75 Å². The van der Waals surface area contributed by atoms with E-state index in [1.165, 1.54) is 24.8 Å². The highest BCUT2D eigenvalue weighted by Gasteiger charge is 2.24. The minimum Gasteiger partial charge on any atom is -0.494 e. The first-order valence-corrected chi connectivity index (χ1v) is 10.8. The molecule has 1 aliphatic heterocycles. The number of fused-ring (bicyclic) bond motifs is 1. The number of aromatic nitrogens is 2. The van der Waals surface area contributed by atoms with Crippen molar-refractivity contribution >= 4 is 11.8 Å². The molecule has 1 aromatic carbocycles. The van der Waals surface area contributed by atoms with Gasteiger partial charge in [-0.2, -0.15) is 0 Å². The average Bonchev–Trinajstić information content (AvgIpc) is 3.26. The summed E-state index contributed by atoms with van der Waals surface area (Å²) in [5.74, 6) is -0.905. The Balaban J connectivity index is 1.42. The van der Waals surface area contributed by atoms with Gasteiger partial charge in [-0.3, -0.25) is 4.79 Å². The van der Waals surface area contributed by atoms with Crippen molar-refractivity contribution in [2.45, 2.75) is 44.4 Å². The number of rotatable bonds is 9. The molecule has 168 valence electrons. The van der Waals surface area contributed by atoms with Crippen LogP contribution >= 0.6 is 0 Å². The lowest BCUT2D eigenvalue weighted by Crippen LogP contribution is -2.14. The smallest absolute Gasteiger partial charge is 0.304 e. The Morgan fingerprint density at radius 2 is 2.09 bits per heavy atom. The second kappa shape index (κ2) is 9.80. The van der Waals surface area contributed by atoms with Gasteiger partial charge in [0.1, 0.15) is 12.1 Å². The van der Waals surface area contributed by atoms with Crippen LogP contribution in [0.1, 0.15) is 53.6 Å². The van der Waals surface area contributed by atoms with Crippen molar-refractivity contribution < 1.29 is 23.4 Å². The third kappa shape index (κ3) is 5.07.